The summed E-state index contributed by atoms with van der Waals surface area (Å²) >= 11 is 12.4. The van der Waals surface area contributed by atoms with Gasteiger partial charge in [-0.05, 0) is 24.3 Å². The van der Waals surface area contributed by atoms with Crippen LogP contribution >= 0.6 is 23.2 Å². The molecule has 1 N–H and O–H groups in total. The summed E-state index contributed by atoms with van der Waals surface area (Å²) in [6, 6.07) is 14.9. The number of hydrogen-bond acceptors (Lipinski definition) is 3. The molecule has 0 saturated carbocycles. The summed E-state index contributed by atoms with van der Waals surface area (Å²) in [7, 11) is -0.00782. The van der Waals surface area contributed by atoms with E-state index in [1.165, 1.54) is 12.1 Å². The Kier molecular flexibility index (Phi) is 5.02. The molecule has 0 heterocycles. The lowest BCUT2D eigenvalue weighted by molar-refractivity contribution is 0.573. The van der Waals surface area contributed by atoms with Crippen LogP contribution in [0, 0.1) is 0 Å². The normalized spacial score (nSPS) is 12.2. The van der Waals surface area contributed by atoms with Crippen LogP contribution < -0.4 is 9.62 Å². The zero-order chi connectivity index (χ0) is 16.4. The third-order valence-electron chi connectivity index (χ3n) is 3.06. The summed E-state index contributed by atoms with van der Waals surface area (Å²) in [5.41, 5.74) is 1.40. The van der Waals surface area contributed by atoms with E-state index in [0.29, 0.717) is 5.56 Å². The highest BCUT2D eigenvalue weighted by Gasteiger charge is 2.32. The summed E-state index contributed by atoms with van der Waals surface area (Å²) in [6.45, 7) is 0. The Morgan fingerprint density at radius 1 is 0.955 bits per heavy atom. The molecule has 2 aromatic carbocycles. The Hall–Kier alpha value is -1.27. The summed E-state index contributed by atoms with van der Waals surface area (Å²) in [5, 5.41) is 0. The highest BCUT2D eigenvalue weighted by molar-refractivity contribution is 7.89. The molecule has 0 unspecified atom stereocenters. The van der Waals surface area contributed by atoms with Gasteiger partial charge < -0.3 is 4.90 Å². The number of benzene rings is 2. The molecule has 0 aliphatic rings. The fourth-order valence-corrected chi connectivity index (χ4v) is 3.81. The van der Waals surface area contributed by atoms with Crippen molar-refractivity contribution in [3.8, 4) is 0 Å². The standard InChI is InChI=1S/C15H16Cl2N2O2S/c1-19(2)13-10-8-12(9-11-13)15(16,17)18-22(20,21)14-6-4-3-5-7-14/h3-11,18H,1-2H3. The minimum Gasteiger partial charge on any atom is -0.378 e. The number of rotatable bonds is 5. The lowest BCUT2D eigenvalue weighted by Crippen LogP contribution is -2.37. The van der Waals surface area contributed by atoms with Gasteiger partial charge in [0.2, 0.25) is 14.5 Å². The molecule has 0 saturated heterocycles. The highest BCUT2D eigenvalue weighted by Crippen LogP contribution is 2.33. The molecule has 0 fully saturated rings. The highest BCUT2D eigenvalue weighted by atomic mass is 35.5. The molecular formula is C15H16Cl2N2O2S. The Labute approximate surface area is 140 Å². The molecule has 2 rings (SSSR count). The van der Waals surface area contributed by atoms with Crippen molar-refractivity contribution in [3.05, 3.63) is 60.2 Å². The topological polar surface area (TPSA) is 49.4 Å². The molecule has 7 heteroatoms. The molecule has 4 nitrogen and oxygen atoms in total. The number of anilines is 1. The Balaban J connectivity index is 2.27. The lowest BCUT2D eigenvalue weighted by Gasteiger charge is -2.22. The second-order valence-corrected chi connectivity index (χ2v) is 7.94. The van der Waals surface area contributed by atoms with E-state index in [1.54, 1.807) is 30.3 Å². The van der Waals surface area contributed by atoms with Crippen LogP contribution in [0.1, 0.15) is 5.56 Å². The summed E-state index contributed by atoms with van der Waals surface area (Å²) in [6.07, 6.45) is 0. The third kappa shape index (κ3) is 3.93. The molecule has 22 heavy (non-hydrogen) atoms. The molecule has 0 atom stereocenters. The average molecular weight is 359 g/mol. The van der Waals surface area contributed by atoms with Gasteiger partial charge >= 0.3 is 0 Å². The van der Waals surface area contributed by atoms with Crippen LogP contribution in [0.2, 0.25) is 0 Å². The number of nitrogens with one attached hydrogen (secondary N) is 1. The van der Waals surface area contributed by atoms with Crippen molar-refractivity contribution in [1.82, 2.24) is 4.72 Å². The van der Waals surface area contributed by atoms with E-state index in [2.05, 4.69) is 4.72 Å². The first-order valence-corrected chi connectivity index (χ1v) is 8.71. The first kappa shape index (κ1) is 17.1. The molecule has 0 aliphatic carbocycles. The van der Waals surface area contributed by atoms with E-state index in [0.717, 1.165) is 5.69 Å². The van der Waals surface area contributed by atoms with Crippen molar-refractivity contribution in [1.29, 1.82) is 0 Å². The van der Waals surface area contributed by atoms with E-state index >= 15 is 0 Å². The first-order valence-electron chi connectivity index (χ1n) is 6.47. The largest absolute Gasteiger partial charge is 0.378 e. The maximum atomic E-state index is 12.3. The molecular weight excluding hydrogens is 343 g/mol. The lowest BCUT2D eigenvalue weighted by atomic mass is 10.2. The predicted molar refractivity (Wildman–Crippen MR) is 90.9 cm³/mol. The van der Waals surface area contributed by atoms with E-state index in [4.69, 9.17) is 23.2 Å². The van der Waals surface area contributed by atoms with Crippen LogP contribution in [-0.2, 0) is 14.5 Å². The molecule has 0 amide bonds. The van der Waals surface area contributed by atoms with Crippen LogP contribution in [0.3, 0.4) is 0 Å². The van der Waals surface area contributed by atoms with Gasteiger partial charge in [0.05, 0.1) is 4.90 Å². The number of alkyl halides is 2. The van der Waals surface area contributed by atoms with Crippen molar-refractivity contribution in [2.75, 3.05) is 19.0 Å². The monoisotopic (exact) mass is 358 g/mol. The summed E-state index contributed by atoms with van der Waals surface area (Å²) in [4.78, 5) is 2.02. The van der Waals surface area contributed by atoms with Gasteiger partial charge in [-0.3, -0.25) is 0 Å². The fourth-order valence-electron chi connectivity index (χ4n) is 1.86. The maximum Gasteiger partial charge on any atom is 0.243 e. The van der Waals surface area contributed by atoms with Crippen molar-refractivity contribution >= 4 is 38.9 Å². The van der Waals surface area contributed by atoms with Crippen molar-refractivity contribution in [3.63, 3.8) is 0 Å². The van der Waals surface area contributed by atoms with Crippen LogP contribution in [0.4, 0.5) is 5.69 Å². The van der Waals surface area contributed by atoms with Crippen molar-refractivity contribution in [2.45, 2.75) is 9.35 Å². The van der Waals surface area contributed by atoms with Crippen LogP contribution in [0.25, 0.3) is 0 Å². The quantitative estimate of drug-likeness (QED) is 0.658. The second-order valence-electron chi connectivity index (χ2n) is 4.93. The number of sulfonamides is 1. The van der Waals surface area contributed by atoms with Crippen LogP contribution in [-0.4, -0.2) is 22.5 Å². The maximum absolute atomic E-state index is 12.3. The van der Waals surface area contributed by atoms with Gasteiger partial charge in [0.1, 0.15) is 0 Å². The Morgan fingerprint density at radius 2 is 1.50 bits per heavy atom. The van der Waals surface area contributed by atoms with Gasteiger partial charge in [0.25, 0.3) is 0 Å². The predicted octanol–water partition coefficient (Wildman–Crippen LogP) is 3.32. The number of halogens is 2. The fraction of sp³-hybridized carbons (Fsp3) is 0.200. The molecule has 0 spiro atoms. The minimum atomic E-state index is -3.82. The van der Waals surface area contributed by atoms with E-state index < -0.39 is 14.5 Å². The third-order valence-corrected chi connectivity index (χ3v) is 5.38. The van der Waals surface area contributed by atoms with Crippen LogP contribution in [0.15, 0.2) is 59.5 Å². The van der Waals surface area contributed by atoms with Crippen molar-refractivity contribution in [2.24, 2.45) is 0 Å². The minimum absolute atomic E-state index is 0.102. The summed E-state index contributed by atoms with van der Waals surface area (Å²) < 4.78 is 25.2. The second kappa shape index (κ2) is 6.46. The zero-order valence-corrected chi connectivity index (χ0v) is 14.5. The smallest absolute Gasteiger partial charge is 0.243 e. The number of nitrogens with zero attached hydrogens (tertiary/aromatic N) is 1. The molecule has 2 aromatic rings. The van der Waals surface area contributed by atoms with Gasteiger partial charge in [-0.25, -0.2) is 8.42 Å². The van der Waals surface area contributed by atoms with E-state index in [9.17, 15) is 8.42 Å². The SMILES string of the molecule is CN(C)c1ccc(C(Cl)(Cl)NS(=O)(=O)c2ccccc2)cc1. The zero-order valence-electron chi connectivity index (χ0n) is 12.1. The Bertz CT molecular complexity index is 730. The summed E-state index contributed by atoms with van der Waals surface area (Å²) in [5.74, 6) is 0. The van der Waals surface area contributed by atoms with E-state index in [1.807, 2.05) is 31.1 Å². The van der Waals surface area contributed by atoms with Gasteiger partial charge in [0, 0.05) is 25.3 Å². The molecule has 0 bridgehead atoms. The Morgan fingerprint density at radius 3 is 2.00 bits per heavy atom. The average Bonchev–Trinajstić information content (AvgIpc) is 2.47. The van der Waals surface area contributed by atoms with Crippen LogP contribution in [0.5, 0.6) is 0 Å². The number of hydrogen-bond donors (Lipinski definition) is 1. The molecule has 0 aliphatic heterocycles. The van der Waals surface area contributed by atoms with Gasteiger partial charge in [-0.2, -0.15) is 4.72 Å². The molecule has 0 aromatic heterocycles. The van der Waals surface area contributed by atoms with Gasteiger partial charge in [-0.15, -0.1) is 0 Å². The first-order chi connectivity index (χ1) is 10.2. The molecule has 0 radical (unpaired) electrons. The van der Waals surface area contributed by atoms with Gasteiger partial charge in [0.15, 0.2) is 0 Å². The van der Waals surface area contributed by atoms with Crippen molar-refractivity contribution < 1.29 is 8.42 Å². The molecule has 118 valence electrons. The van der Waals surface area contributed by atoms with E-state index in [-0.39, 0.29) is 4.90 Å². The van der Waals surface area contributed by atoms with Gasteiger partial charge in [-0.1, -0.05) is 53.5 Å².